The van der Waals surface area contributed by atoms with Gasteiger partial charge in [-0.25, -0.2) is 4.98 Å². The number of anilines is 1. The zero-order valence-electron chi connectivity index (χ0n) is 13.1. The molecule has 5 nitrogen and oxygen atoms in total. The van der Waals surface area contributed by atoms with Crippen LogP contribution in [0, 0.1) is 0 Å². The molecule has 4 aromatic rings. The van der Waals surface area contributed by atoms with Gasteiger partial charge in [-0.3, -0.25) is 4.79 Å². The van der Waals surface area contributed by atoms with Crippen LogP contribution in [-0.2, 0) is 0 Å². The van der Waals surface area contributed by atoms with Gasteiger partial charge < -0.3 is 15.5 Å². The zero-order valence-corrected chi connectivity index (χ0v) is 13.1. The van der Waals surface area contributed by atoms with Gasteiger partial charge in [-0.1, -0.05) is 24.3 Å². The lowest BCUT2D eigenvalue weighted by molar-refractivity contribution is 0.102. The molecule has 122 valence electrons. The Kier molecular flexibility index (Phi) is 3.47. The summed E-state index contributed by atoms with van der Waals surface area (Å²) in [4.78, 5) is 17.1. The second kappa shape index (κ2) is 5.79. The third kappa shape index (κ3) is 2.72. The van der Waals surface area contributed by atoms with E-state index in [1.54, 1.807) is 24.3 Å². The molecular formula is C20H14N2O3. The smallest absolute Gasteiger partial charge is 0.256 e. The molecule has 0 fully saturated rings. The summed E-state index contributed by atoms with van der Waals surface area (Å²) in [6.07, 6.45) is 0. The van der Waals surface area contributed by atoms with Crippen LogP contribution >= 0.6 is 0 Å². The van der Waals surface area contributed by atoms with Crippen LogP contribution in [0.1, 0.15) is 10.4 Å². The number of amides is 1. The molecule has 0 aliphatic heterocycles. The van der Waals surface area contributed by atoms with Gasteiger partial charge in [-0.15, -0.1) is 0 Å². The Morgan fingerprint density at radius 3 is 2.44 bits per heavy atom. The highest BCUT2D eigenvalue weighted by molar-refractivity contribution is 6.14. The summed E-state index contributed by atoms with van der Waals surface area (Å²) in [5, 5.41) is 23.7. The lowest BCUT2D eigenvalue weighted by atomic mass is 10.0. The third-order valence-electron chi connectivity index (χ3n) is 4.01. The van der Waals surface area contributed by atoms with Crippen LogP contribution in [0.2, 0.25) is 0 Å². The normalized spacial score (nSPS) is 10.9. The maximum absolute atomic E-state index is 12.7. The monoisotopic (exact) mass is 330 g/mol. The Morgan fingerprint density at radius 1 is 0.840 bits per heavy atom. The summed E-state index contributed by atoms with van der Waals surface area (Å²) >= 11 is 0. The fraction of sp³-hybridized carbons (Fsp3) is 0. The molecule has 0 aliphatic rings. The van der Waals surface area contributed by atoms with Gasteiger partial charge in [0.05, 0.1) is 11.0 Å². The molecule has 3 aromatic carbocycles. The van der Waals surface area contributed by atoms with Crippen molar-refractivity contribution in [2.45, 2.75) is 0 Å². The molecule has 0 radical (unpaired) electrons. The van der Waals surface area contributed by atoms with Crippen molar-refractivity contribution < 1.29 is 15.0 Å². The van der Waals surface area contributed by atoms with Crippen molar-refractivity contribution in [3.63, 3.8) is 0 Å². The van der Waals surface area contributed by atoms with Crippen LogP contribution in [0.15, 0.2) is 66.7 Å². The number of phenolic OH excluding ortho intramolecular Hbond substituents is 2. The Bertz CT molecular complexity index is 1110. The number of hydrogen-bond donors (Lipinski definition) is 3. The number of hydrogen-bond acceptors (Lipinski definition) is 4. The van der Waals surface area contributed by atoms with Gasteiger partial charge in [0.1, 0.15) is 11.5 Å². The van der Waals surface area contributed by atoms with Gasteiger partial charge in [-0.2, -0.15) is 0 Å². The van der Waals surface area contributed by atoms with Crippen molar-refractivity contribution in [3.8, 4) is 11.5 Å². The SMILES string of the molecule is O=C(Nc1ccccc1)c1cccc2nc3cc(O)cc(O)c3cc12. The first-order valence-electron chi connectivity index (χ1n) is 7.74. The van der Waals surface area contributed by atoms with Gasteiger partial charge in [0.25, 0.3) is 5.91 Å². The van der Waals surface area contributed by atoms with Crippen LogP contribution in [0.4, 0.5) is 5.69 Å². The fourth-order valence-corrected chi connectivity index (χ4v) is 2.84. The van der Waals surface area contributed by atoms with E-state index in [0.29, 0.717) is 33.1 Å². The van der Waals surface area contributed by atoms with Crippen LogP contribution < -0.4 is 5.32 Å². The maximum Gasteiger partial charge on any atom is 0.256 e. The first-order valence-corrected chi connectivity index (χ1v) is 7.74. The number of nitrogens with one attached hydrogen (secondary N) is 1. The van der Waals surface area contributed by atoms with E-state index >= 15 is 0 Å². The van der Waals surface area contributed by atoms with E-state index in [1.165, 1.54) is 12.1 Å². The quantitative estimate of drug-likeness (QED) is 0.484. The maximum atomic E-state index is 12.7. The van der Waals surface area contributed by atoms with Crippen molar-refractivity contribution >= 4 is 33.4 Å². The summed E-state index contributed by atoms with van der Waals surface area (Å²) in [6, 6.07) is 18.9. The molecule has 0 unspecified atom stereocenters. The van der Waals surface area contributed by atoms with Gasteiger partial charge in [0.2, 0.25) is 0 Å². The minimum Gasteiger partial charge on any atom is -0.508 e. The Hall–Kier alpha value is -3.60. The Morgan fingerprint density at radius 2 is 1.64 bits per heavy atom. The molecule has 1 aromatic heterocycles. The fourth-order valence-electron chi connectivity index (χ4n) is 2.84. The lowest BCUT2D eigenvalue weighted by Gasteiger charge is -2.10. The van der Waals surface area contributed by atoms with Crippen molar-refractivity contribution in [3.05, 3.63) is 72.3 Å². The van der Waals surface area contributed by atoms with Crippen molar-refractivity contribution in [1.82, 2.24) is 4.98 Å². The van der Waals surface area contributed by atoms with Gasteiger partial charge in [-0.05, 0) is 30.3 Å². The molecule has 4 rings (SSSR count). The average Bonchev–Trinajstić information content (AvgIpc) is 2.60. The molecule has 0 bridgehead atoms. The minimum absolute atomic E-state index is 0.0603. The minimum atomic E-state index is -0.254. The Labute approximate surface area is 143 Å². The number of carbonyl (C=O) groups excluding carboxylic acids is 1. The highest BCUT2D eigenvalue weighted by atomic mass is 16.3. The predicted molar refractivity (Wildman–Crippen MR) is 97.0 cm³/mol. The number of carbonyl (C=O) groups is 1. The van der Waals surface area contributed by atoms with Gasteiger partial charge >= 0.3 is 0 Å². The lowest BCUT2D eigenvalue weighted by Crippen LogP contribution is -2.12. The highest BCUT2D eigenvalue weighted by Gasteiger charge is 2.13. The number of aromatic nitrogens is 1. The predicted octanol–water partition coefficient (Wildman–Crippen LogP) is 4.05. The molecule has 0 atom stereocenters. The second-order valence-corrected chi connectivity index (χ2v) is 5.71. The standard InChI is InChI=1S/C20H14N2O3/c23-13-9-18-16(19(24)10-13)11-15-14(7-4-8-17(15)22-18)20(25)21-12-5-2-1-3-6-12/h1-11,23-24H,(H,21,25). The average molecular weight is 330 g/mol. The van der Waals surface area contributed by atoms with E-state index in [9.17, 15) is 15.0 Å². The first kappa shape index (κ1) is 15.0. The van der Waals surface area contributed by atoms with Crippen LogP contribution in [-0.4, -0.2) is 21.1 Å². The second-order valence-electron chi connectivity index (χ2n) is 5.71. The van der Waals surface area contributed by atoms with Crippen LogP contribution in [0.3, 0.4) is 0 Å². The van der Waals surface area contributed by atoms with Crippen molar-refractivity contribution in [2.24, 2.45) is 0 Å². The number of phenols is 2. The summed E-state index contributed by atoms with van der Waals surface area (Å²) < 4.78 is 0. The summed E-state index contributed by atoms with van der Waals surface area (Å²) in [6.45, 7) is 0. The number of benzene rings is 3. The van der Waals surface area contributed by atoms with Crippen LogP contribution in [0.25, 0.3) is 21.8 Å². The molecule has 5 heteroatoms. The number of aromatic hydroxyl groups is 2. The molecule has 25 heavy (non-hydrogen) atoms. The van der Waals surface area contributed by atoms with E-state index in [1.807, 2.05) is 30.3 Å². The zero-order chi connectivity index (χ0) is 17.4. The number of rotatable bonds is 2. The first-order chi connectivity index (χ1) is 12.1. The van der Waals surface area contributed by atoms with Crippen molar-refractivity contribution in [2.75, 3.05) is 5.32 Å². The molecule has 0 saturated heterocycles. The molecular weight excluding hydrogens is 316 g/mol. The number of para-hydroxylation sites is 1. The molecule has 1 heterocycles. The highest BCUT2D eigenvalue weighted by Crippen LogP contribution is 2.32. The summed E-state index contributed by atoms with van der Waals surface area (Å²) in [5.41, 5.74) is 2.23. The molecule has 1 amide bonds. The molecule has 0 aliphatic carbocycles. The van der Waals surface area contributed by atoms with E-state index in [4.69, 9.17) is 0 Å². The third-order valence-corrected chi connectivity index (χ3v) is 4.01. The number of fused-ring (bicyclic) bond motifs is 2. The number of nitrogens with zero attached hydrogens (tertiary/aromatic N) is 1. The van der Waals surface area contributed by atoms with Gasteiger partial charge in [0.15, 0.2) is 0 Å². The molecule has 3 N–H and O–H groups in total. The summed E-state index contributed by atoms with van der Waals surface area (Å²) in [7, 11) is 0. The largest absolute Gasteiger partial charge is 0.508 e. The Balaban J connectivity index is 1.86. The van der Waals surface area contributed by atoms with E-state index in [-0.39, 0.29) is 17.4 Å². The van der Waals surface area contributed by atoms with E-state index in [0.717, 1.165) is 0 Å². The topological polar surface area (TPSA) is 82.5 Å². The van der Waals surface area contributed by atoms with E-state index in [2.05, 4.69) is 10.3 Å². The van der Waals surface area contributed by atoms with Crippen molar-refractivity contribution in [1.29, 1.82) is 0 Å². The molecule has 0 spiro atoms. The summed E-state index contributed by atoms with van der Waals surface area (Å²) in [5.74, 6) is -0.395. The van der Waals surface area contributed by atoms with Gasteiger partial charge in [0, 0.05) is 34.2 Å². The van der Waals surface area contributed by atoms with E-state index < -0.39 is 0 Å². The van der Waals surface area contributed by atoms with Crippen LogP contribution in [0.5, 0.6) is 11.5 Å². The number of pyridine rings is 1. The molecule has 0 saturated carbocycles.